The number of nitrogens with zero attached hydrogens (tertiary/aromatic N) is 1. The van der Waals surface area contributed by atoms with E-state index < -0.39 is 18.0 Å². The number of carbonyl (C=O) groups excluding carboxylic acids is 3. The van der Waals surface area contributed by atoms with Crippen molar-refractivity contribution in [2.24, 2.45) is 5.92 Å². The molecule has 1 heterocycles. The second-order valence-electron chi connectivity index (χ2n) is 6.98. The second kappa shape index (κ2) is 10.6. The highest BCUT2D eigenvalue weighted by Crippen LogP contribution is 2.20. The molecule has 1 aliphatic rings. The molecule has 1 fully saturated rings. The quantitative estimate of drug-likeness (QED) is 0.427. The minimum absolute atomic E-state index is 0.0718. The Hall–Kier alpha value is -1.93. The predicted octanol–water partition coefficient (Wildman–Crippen LogP) is 3.51. The number of Topliss-reactive ketones (excluding diaryl/α,β-unsaturated/α-hetero) is 1. The summed E-state index contributed by atoms with van der Waals surface area (Å²) in [4.78, 5) is 37.8. The third-order valence-corrected chi connectivity index (χ3v) is 6.07. The maximum absolute atomic E-state index is 12.2. The van der Waals surface area contributed by atoms with Crippen LogP contribution in [0.25, 0.3) is 0 Å². The summed E-state index contributed by atoms with van der Waals surface area (Å²) in [7, 11) is 0. The number of hydrogen-bond donors (Lipinski definition) is 1. The Labute approximate surface area is 175 Å². The van der Waals surface area contributed by atoms with E-state index in [0.29, 0.717) is 21.5 Å². The van der Waals surface area contributed by atoms with Gasteiger partial charge < -0.3 is 15.0 Å². The van der Waals surface area contributed by atoms with Crippen LogP contribution in [-0.4, -0.2) is 51.8 Å². The number of rotatable bonds is 6. The van der Waals surface area contributed by atoms with Crippen molar-refractivity contribution in [3.8, 4) is 0 Å². The molecule has 1 aliphatic heterocycles. The van der Waals surface area contributed by atoms with E-state index in [2.05, 4.69) is 17.1 Å². The summed E-state index contributed by atoms with van der Waals surface area (Å²) in [5.41, 5.74) is 0.981. The van der Waals surface area contributed by atoms with Gasteiger partial charge in [-0.3, -0.25) is 14.4 Å². The summed E-state index contributed by atoms with van der Waals surface area (Å²) in [6.07, 6.45) is 1.26. The molecule has 1 atom stereocenters. The highest BCUT2D eigenvalue weighted by atomic mass is 32.2. The van der Waals surface area contributed by atoms with Crippen LogP contribution in [0.15, 0.2) is 24.3 Å². The molecule has 1 saturated heterocycles. The summed E-state index contributed by atoms with van der Waals surface area (Å²) < 4.78 is 5.90. The number of thioether (sulfide) groups is 1. The number of hydrogen-bond acceptors (Lipinski definition) is 6. The molecule has 0 unspecified atom stereocenters. The second-order valence-corrected chi connectivity index (χ2v) is 8.59. The molecule has 0 aromatic heterocycles. The van der Waals surface area contributed by atoms with E-state index in [0.717, 1.165) is 25.9 Å². The fourth-order valence-electron chi connectivity index (χ4n) is 2.75. The first-order valence-corrected chi connectivity index (χ1v) is 10.7. The van der Waals surface area contributed by atoms with Gasteiger partial charge in [-0.05, 0) is 44.7 Å². The van der Waals surface area contributed by atoms with E-state index in [1.54, 1.807) is 24.3 Å². The maximum atomic E-state index is 12.2. The van der Waals surface area contributed by atoms with Gasteiger partial charge in [0.05, 0.1) is 5.75 Å². The Bertz CT molecular complexity index is 745. The molecule has 2 rings (SSSR count). The molecule has 152 valence electrons. The van der Waals surface area contributed by atoms with E-state index in [4.69, 9.17) is 17.0 Å². The molecule has 1 N–H and O–H groups in total. The number of thiocarbonyl (C=S) groups is 1. The molecule has 28 heavy (non-hydrogen) atoms. The van der Waals surface area contributed by atoms with Gasteiger partial charge in [0.2, 0.25) is 0 Å². The molecule has 1 amide bonds. The fourth-order valence-corrected chi connectivity index (χ4v) is 3.78. The Morgan fingerprint density at radius 2 is 2.00 bits per heavy atom. The molecule has 1 aromatic carbocycles. The Balaban J connectivity index is 1.76. The van der Waals surface area contributed by atoms with E-state index in [1.807, 2.05) is 0 Å². The van der Waals surface area contributed by atoms with Crippen LogP contribution in [0.1, 0.15) is 44.0 Å². The van der Waals surface area contributed by atoms with Gasteiger partial charge in [0.25, 0.3) is 5.91 Å². The zero-order chi connectivity index (χ0) is 20.7. The Kier molecular flexibility index (Phi) is 8.44. The predicted molar refractivity (Wildman–Crippen MR) is 116 cm³/mol. The maximum Gasteiger partial charge on any atom is 0.317 e. The van der Waals surface area contributed by atoms with Crippen molar-refractivity contribution < 1.29 is 19.1 Å². The monoisotopic (exact) mass is 422 g/mol. The minimum atomic E-state index is -0.946. The molecule has 8 heteroatoms. The average Bonchev–Trinajstić information content (AvgIpc) is 2.66. The van der Waals surface area contributed by atoms with Crippen LogP contribution in [0, 0.1) is 5.92 Å². The largest absolute Gasteiger partial charge is 0.452 e. The van der Waals surface area contributed by atoms with Crippen LogP contribution in [0.2, 0.25) is 0 Å². The van der Waals surface area contributed by atoms with Crippen molar-refractivity contribution in [3.63, 3.8) is 0 Å². The molecule has 0 bridgehead atoms. The first-order valence-electron chi connectivity index (χ1n) is 9.29. The number of carbonyl (C=O) groups is 3. The summed E-state index contributed by atoms with van der Waals surface area (Å²) >= 11 is 6.66. The van der Waals surface area contributed by atoms with Crippen LogP contribution in [0.4, 0.5) is 5.69 Å². The third kappa shape index (κ3) is 6.91. The van der Waals surface area contributed by atoms with Crippen molar-refractivity contribution in [3.05, 3.63) is 29.8 Å². The summed E-state index contributed by atoms with van der Waals surface area (Å²) in [5.74, 6) is -0.247. The first-order chi connectivity index (χ1) is 13.3. The van der Waals surface area contributed by atoms with Crippen LogP contribution in [0.5, 0.6) is 0 Å². The summed E-state index contributed by atoms with van der Waals surface area (Å²) in [6, 6.07) is 6.61. The van der Waals surface area contributed by atoms with Gasteiger partial charge in [0.1, 0.15) is 4.32 Å². The molecule has 0 spiro atoms. The van der Waals surface area contributed by atoms with Crippen molar-refractivity contribution in [1.82, 2.24) is 4.90 Å². The van der Waals surface area contributed by atoms with Gasteiger partial charge in [-0.2, -0.15) is 0 Å². The van der Waals surface area contributed by atoms with Crippen molar-refractivity contribution in [1.29, 1.82) is 0 Å². The van der Waals surface area contributed by atoms with Crippen molar-refractivity contribution >= 4 is 51.6 Å². The van der Waals surface area contributed by atoms with E-state index in [1.165, 1.54) is 25.6 Å². The summed E-state index contributed by atoms with van der Waals surface area (Å²) in [6.45, 7) is 7.03. The van der Waals surface area contributed by atoms with Crippen molar-refractivity contribution in [2.75, 3.05) is 24.2 Å². The van der Waals surface area contributed by atoms with E-state index >= 15 is 0 Å². The fraction of sp³-hybridized carbons (Fsp3) is 0.500. The lowest BCUT2D eigenvalue weighted by atomic mass is 10.00. The molecule has 1 aromatic rings. The number of benzene rings is 1. The van der Waals surface area contributed by atoms with E-state index in [9.17, 15) is 14.4 Å². The number of likely N-dealkylation sites (tertiary alicyclic amines) is 1. The zero-order valence-electron chi connectivity index (χ0n) is 16.4. The number of anilines is 1. The number of ketones is 1. The highest BCUT2D eigenvalue weighted by Gasteiger charge is 2.21. The number of piperidine rings is 1. The van der Waals surface area contributed by atoms with Crippen molar-refractivity contribution in [2.45, 2.75) is 39.7 Å². The zero-order valence-corrected chi connectivity index (χ0v) is 18.0. The standard InChI is InChI=1S/C20H26N2O4S2/c1-13-7-9-22(10-8-13)20(27)28-12-18(24)26-15(3)19(25)21-17-6-4-5-16(11-17)14(2)23/h4-6,11,13,15H,7-10,12H2,1-3H3,(H,21,25)/t15-/m0/s1. The van der Waals surface area contributed by atoms with Crippen LogP contribution >= 0.6 is 24.0 Å². The molecule has 0 saturated carbocycles. The lowest BCUT2D eigenvalue weighted by Crippen LogP contribution is -2.36. The molecular weight excluding hydrogens is 396 g/mol. The highest BCUT2D eigenvalue weighted by molar-refractivity contribution is 8.23. The topological polar surface area (TPSA) is 75.7 Å². The number of nitrogens with one attached hydrogen (secondary N) is 1. The van der Waals surface area contributed by atoms with E-state index in [-0.39, 0.29) is 11.5 Å². The van der Waals surface area contributed by atoms with Gasteiger partial charge in [0, 0.05) is 24.3 Å². The lowest BCUT2D eigenvalue weighted by Gasteiger charge is -2.31. The summed E-state index contributed by atoms with van der Waals surface area (Å²) in [5, 5.41) is 2.65. The van der Waals surface area contributed by atoms with Gasteiger partial charge in [-0.25, -0.2) is 0 Å². The first kappa shape index (κ1) is 22.4. The lowest BCUT2D eigenvalue weighted by molar-refractivity contribution is -0.150. The van der Waals surface area contributed by atoms with Gasteiger partial charge in [0.15, 0.2) is 11.9 Å². The van der Waals surface area contributed by atoms with Crippen LogP contribution in [0.3, 0.4) is 0 Å². The molecule has 6 nitrogen and oxygen atoms in total. The number of ether oxygens (including phenoxy) is 1. The molecule has 0 radical (unpaired) electrons. The van der Waals surface area contributed by atoms with Crippen LogP contribution < -0.4 is 5.32 Å². The third-order valence-electron chi connectivity index (χ3n) is 4.57. The van der Waals surface area contributed by atoms with Gasteiger partial charge in [-0.1, -0.05) is 43.0 Å². The number of amides is 1. The molecular formula is C20H26N2O4S2. The van der Waals surface area contributed by atoms with Crippen LogP contribution in [-0.2, 0) is 14.3 Å². The smallest absolute Gasteiger partial charge is 0.317 e. The average molecular weight is 423 g/mol. The Morgan fingerprint density at radius 3 is 2.64 bits per heavy atom. The minimum Gasteiger partial charge on any atom is -0.452 e. The SMILES string of the molecule is CC(=O)c1cccc(NC(=O)[C@H](C)OC(=O)CSC(=S)N2CCC(C)CC2)c1. The number of esters is 1. The van der Waals surface area contributed by atoms with Gasteiger partial charge >= 0.3 is 5.97 Å². The molecule has 0 aliphatic carbocycles. The normalized spacial score (nSPS) is 15.6. The Morgan fingerprint density at radius 1 is 1.32 bits per heavy atom. The van der Waals surface area contributed by atoms with Gasteiger partial charge in [-0.15, -0.1) is 0 Å².